The lowest BCUT2D eigenvalue weighted by Gasteiger charge is -2.37. The summed E-state index contributed by atoms with van der Waals surface area (Å²) in [7, 11) is 1.77. The Hall–Kier alpha value is -0.950. The van der Waals surface area contributed by atoms with E-state index in [0.717, 1.165) is 18.8 Å². The third kappa shape index (κ3) is 2.72. The predicted octanol–water partition coefficient (Wildman–Crippen LogP) is 1.73. The lowest BCUT2D eigenvalue weighted by atomic mass is 10.2. The highest BCUT2D eigenvalue weighted by Gasteiger charge is 2.31. The van der Waals surface area contributed by atoms with E-state index in [-0.39, 0.29) is 10.7 Å². The van der Waals surface area contributed by atoms with Gasteiger partial charge < -0.3 is 16.0 Å². The molecule has 0 aliphatic carbocycles. The number of anilines is 2. The molecule has 1 saturated heterocycles. The molecule has 5 nitrogen and oxygen atoms in total. The molecule has 0 bridgehead atoms. The van der Waals surface area contributed by atoms with Gasteiger partial charge in [0.15, 0.2) is 5.13 Å². The van der Waals surface area contributed by atoms with Crippen molar-refractivity contribution in [2.75, 3.05) is 36.9 Å². The molecule has 1 aromatic rings. The van der Waals surface area contributed by atoms with Crippen molar-refractivity contribution in [2.45, 2.75) is 18.6 Å². The highest BCUT2D eigenvalue weighted by Crippen LogP contribution is 2.32. The first kappa shape index (κ1) is 13.5. The molecular weight excluding hydrogens is 268 g/mol. The van der Waals surface area contributed by atoms with Crippen LogP contribution < -0.4 is 11.1 Å². The normalized spacial score (nSPS) is 18.7. The third-order valence-corrected chi connectivity index (χ3v) is 5.15. The molecule has 1 amide bonds. The molecule has 1 aliphatic rings. The number of nitrogens with zero attached hydrogens (tertiary/aromatic N) is 2. The van der Waals surface area contributed by atoms with Crippen molar-refractivity contribution in [3.05, 3.63) is 4.88 Å². The molecule has 0 unspecified atom stereocenters. The Morgan fingerprint density at radius 3 is 2.83 bits per heavy atom. The van der Waals surface area contributed by atoms with Crippen LogP contribution in [0.3, 0.4) is 0 Å². The Bertz CT molecular complexity index is 458. The minimum Gasteiger partial charge on any atom is -0.382 e. The maximum absolute atomic E-state index is 12.4. The summed E-state index contributed by atoms with van der Waals surface area (Å²) in [5.41, 5.74) is 5.80. The summed E-state index contributed by atoms with van der Waals surface area (Å²) in [6, 6.07) is 0. The number of amides is 1. The molecule has 1 aliphatic heterocycles. The molecule has 2 rings (SSSR count). The zero-order valence-corrected chi connectivity index (χ0v) is 12.5. The van der Waals surface area contributed by atoms with E-state index in [2.05, 4.69) is 24.1 Å². The molecule has 0 saturated carbocycles. The fourth-order valence-electron chi connectivity index (χ4n) is 1.93. The molecule has 0 spiro atoms. The quantitative estimate of drug-likeness (QED) is 0.866. The summed E-state index contributed by atoms with van der Waals surface area (Å²) < 4.78 is 0.110. The Labute approximate surface area is 115 Å². The minimum atomic E-state index is -0.000116. The van der Waals surface area contributed by atoms with Crippen LogP contribution in [0.1, 0.15) is 23.5 Å². The molecule has 1 aromatic heterocycles. The fraction of sp³-hybridized carbons (Fsp3) is 0.636. The van der Waals surface area contributed by atoms with Crippen LogP contribution in [0, 0.1) is 0 Å². The fourth-order valence-corrected chi connectivity index (χ4v) is 3.84. The van der Waals surface area contributed by atoms with Gasteiger partial charge in [-0.2, -0.15) is 11.8 Å². The van der Waals surface area contributed by atoms with Crippen molar-refractivity contribution < 1.29 is 4.79 Å². The second kappa shape index (κ2) is 4.97. The predicted molar refractivity (Wildman–Crippen MR) is 78.5 cm³/mol. The van der Waals surface area contributed by atoms with Gasteiger partial charge in [0.05, 0.1) is 0 Å². The van der Waals surface area contributed by atoms with Gasteiger partial charge in [0.2, 0.25) is 0 Å². The standard InChI is InChI=1S/C11H18N4OS2/c1-11(2)6-15(4-5-17-11)9(16)7-8(12)14-10(13-3)18-7/h4-6,12H2,1-3H3,(H,13,14). The lowest BCUT2D eigenvalue weighted by Crippen LogP contribution is -2.46. The molecule has 1 fully saturated rings. The summed E-state index contributed by atoms with van der Waals surface area (Å²) in [5, 5.41) is 3.60. The zero-order chi connectivity index (χ0) is 13.3. The summed E-state index contributed by atoms with van der Waals surface area (Å²) in [5.74, 6) is 1.29. The average molecular weight is 286 g/mol. The highest BCUT2D eigenvalue weighted by atomic mass is 32.2. The van der Waals surface area contributed by atoms with E-state index in [1.54, 1.807) is 7.05 Å². The summed E-state index contributed by atoms with van der Waals surface area (Å²) in [6.07, 6.45) is 0. The van der Waals surface area contributed by atoms with Crippen LogP contribution in [0.2, 0.25) is 0 Å². The SMILES string of the molecule is CNc1nc(N)c(C(=O)N2CCSC(C)(C)C2)s1. The van der Waals surface area contributed by atoms with Crippen LogP contribution in [0.4, 0.5) is 10.9 Å². The van der Waals surface area contributed by atoms with Gasteiger partial charge in [-0.05, 0) is 13.8 Å². The number of nitrogens with two attached hydrogens (primary N) is 1. The van der Waals surface area contributed by atoms with E-state index >= 15 is 0 Å². The Morgan fingerprint density at radius 1 is 1.56 bits per heavy atom. The van der Waals surface area contributed by atoms with Gasteiger partial charge in [0.1, 0.15) is 10.7 Å². The van der Waals surface area contributed by atoms with E-state index in [1.165, 1.54) is 11.3 Å². The number of carbonyl (C=O) groups excluding carboxylic acids is 1. The Morgan fingerprint density at radius 2 is 2.28 bits per heavy atom. The Kier molecular flexibility index (Phi) is 3.72. The smallest absolute Gasteiger partial charge is 0.267 e. The second-order valence-electron chi connectivity index (χ2n) is 4.82. The first-order valence-electron chi connectivity index (χ1n) is 5.80. The molecular formula is C11H18N4OS2. The average Bonchev–Trinajstić information content (AvgIpc) is 2.68. The zero-order valence-electron chi connectivity index (χ0n) is 10.8. The number of hydrogen-bond donors (Lipinski definition) is 2. The maximum atomic E-state index is 12.4. The molecule has 0 aromatic carbocycles. The minimum absolute atomic E-state index is 0.000116. The number of thioether (sulfide) groups is 1. The van der Waals surface area contributed by atoms with Crippen LogP contribution in [-0.2, 0) is 0 Å². The molecule has 0 atom stereocenters. The lowest BCUT2D eigenvalue weighted by molar-refractivity contribution is 0.0753. The van der Waals surface area contributed by atoms with Crippen LogP contribution in [0.5, 0.6) is 0 Å². The first-order chi connectivity index (χ1) is 8.43. The second-order valence-corrected chi connectivity index (χ2v) is 7.62. The van der Waals surface area contributed by atoms with Crippen molar-refractivity contribution in [3.63, 3.8) is 0 Å². The maximum Gasteiger partial charge on any atom is 0.267 e. The van der Waals surface area contributed by atoms with Gasteiger partial charge in [-0.25, -0.2) is 4.98 Å². The van der Waals surface area contributed by atoms with E-state index in [1.807, 2.05) is 16.7 Å². The van der Waals surface area contributed by atoms with E-state index in [0.29, 0.717) is 15.8 Å². The molecule has 0 radical (unpaired) electrons. The monoisotopic (exact) mass is 286 g/mol. The summed E-state index contributed by atoms with van der Waals surface area (Å²) in [6.45, 7) is 5.85. The number of hydrogen-bond acceptors (Lipinski definition) is 6. The van der Waals surface area contributed by atoms with Crippen LogP contribution in [0.15, 0.2) is 0 Å². The number of rotatable bonds is 2. The van der Waals surface area contributed by atoms with Gasteiger partial charge in [-0.1, -0.05) is 11.3 Å². The van der Waals surface area contributed by atoms with Gasteiger partial charge in [-0.15, -0.1) is 0 Å². The molecule has 18 heavy (non-hydrogen) atoms. The number of thiazole rings is 1. The molecule has 7 heteroatoms. The van der Waals surface area contributed by atoms with Crippen LogP contribution >= 0.6 is 23.1 Å². The Balaban J connectivity index is 2.17. The van der Waals surface area contributed by atoms with E-state index in [9.17, 15) is 4.79 Å². The summed E-state index contributed by atoms with van der Waals surface area (Å²) in [4.78, 5) is 18.9. The number of nitrogens with one attached hydrogen (secondary N) is 1. The van der Waals surface area contributed by atoms with Crippen LogP contribution in [-0.4, -0.2) is 46.4 Å². The van der Waals surface area contributed by atoms with Gasteiger partial charge >= 0.3 is 0 Å². The van der Waals surface area contributed by atoms with Gasteiger partial charge in [-0.3, -0.25) is 4.79 Å². The van der Waals surface area contributed by atoms with Crippen molar-refractivity contribution in [1.82, 2.24) is 9.88 Å². The topological polar surface area (TPSA) is 71.2 Å². The van der Waals surface area contributed by atoms with Crippen molar-refractivity contribution in [1.29, 1.82) is 0 Å². The molecule has 2 heterocycles. The summed E-state index contributed by atoms with van der Waals surface area (Å²) >= 11 is 3.22. The van der Waals surface area contributed by atoms with Crippen molar-refractivity contribution in [3.8, 4) is 0 Å². The third-order valence-electron chi connectivity index (χ3n) is 2.77. The largest absolute Gasteiger partial charge is 0.382 e. The van der Waals surface area contributed by atoms with Crippen molar-refractivity contribution >= 4 is 40.0 Å². The van der Waals surface area contributed by atoms with Crippen LogP contribution in [0.25, 0.3) is 0 Å². The van der Waals surface area contributed by atoms with E-state index < -0.39 is 0 Å². The number of nitrogen functional groups attached to an aromatic ring is 1. The van der Waals surface area contributed by atoms with Crippen molar-refractivity contribution in [2.24, 2.45) is 0 Å². The molecule has 100 valence electrons. The highest BCUT2D eigenvalue weighted by molar-refractivity contribution is 8.00. The van der Waals surface area contributed by atoms with Gasteiger partial charge in [0.25, 0.3) is 5.91 Å². The number of carbonyl (C=O) groups is 1. The number of aromatic nitrogens is 1. The molecule has 3 N–H and O–H groups in total. The first-order valence-corrected chi connectivity index (χ1v) is 7.60. The van der Waals surface area contributed by atoms with Gasteiger partial charge in [0, 0.05) is 30.6 Å². The van der Waals surface area contributed by atoms with E-state index in [4.69, 9.17) is 5.73 Å².